The minimum absolute atomic E-state index is 0.0552. The van der Waals surface area contributed by atoms with Gasteiger partial charge < -0.3 is 14.7 Å². The first-order valence-corrected chi connectivity index (χ1v) is 6.03. The number of piperidine rings is 1. The zero-order valence-electron chi connectivity index (χ0n) is 10.6. The van der Waals surface area contributed by atoms with Gasteiger partial charge in [0.1, 0.15) is 0 Å². The third kappa shape index (κ3) is 4.34. The van der Waals surface area contributed by atoms with E-state index in [4.69, 9.17) is 9.84 Å². The predicted octanol–water partition coefficient (Wildman–Crippen LogP) is 1.13. The van der Waals surface area contributed by atoms with Crippen LogP contribution >= 0.6 is 0 Å². The van der Waals surface area contributed by atoms with Crippen LogP contribution < -0.4 is 0 Å². The normalized spacial score (nSPS) is 19.9. The molecule has 17 heavy (non-hydrogen) atoms. The van der Waals surface area contributed by atoms with Crippen LogP contribution in [0, 0.1) is 5.41 Å². The lowest BCUT2D eigenvalue weighted by Gasteiger charge is -2.39. The van der Waals surface area contributed by atoms with Crippen molar-refractivity contribution in [1.29, 1.82) is 0 Å². The number of rotatable bonds is 5. The maximum atomic E-state index is 11.6. The van der Waals surface area contributed by atoms with Gasteiger partial charge in [0.25, 0.3) is 0 Å². The molecule has 1 heterocycles. The fraction of sp³-hybridized carbons (Fsp3) is 0.833. The summed E-state index contributed by atoms with van der Waals surface area (Å²) in [6, 6.07) is 0. The lowest BCUT2D eigenvalue weighted by Crippen LogP contribution is -2.40. The number of esters is 1. The third-order valence-corrected chi connectivity index (χ3v) is 3.40. The molecule has 5 heteroatoms. The van der Waals surface area contributed by atoms with Crippen molar-refractivity contribution in [2.45, 2.75) is 32.6 Å². The molecule has 0 aromatic heterocycles. The summed E-state index contributed by atoms with van der Waals surface area (Å²) in [7, 11) is 2.01. The standard InChI is InChI=1S/C12H21NO4/c1-3-17-11(16)9-12(8-10(14)15)4-6-13(2)7-5-12/h3-9H2,1-2H3,(H,14,15). The second kappa shape index (κ2) is 6.00. The maximum absolute atomic E-state index is 11.6. The highest BCUT2D eigenvalue weighted by Crippen LogP contribution is 2.38. The number of carboxylic acids is 1. The number of hydrogen-bond donors (Lipinski definition) is 1. The lowest BCUT2D eigenvalue weighted by molar-refractivity contribution is -0.149. The van der Waals surface area contributed by atoms with Crippen LogP contribution in [-0.4, -0.2) is 48.7 Å². The van der Waals surface area contributed by atoms with Crippen LogP contribution in [0.5, 0.6) is 0 Å². The number of likely N-dealkylation sites (tertiary alicyclic amines) is 1. The molecule has 5 nitrogen and oxygen atoms in total. The van der Waals surface area contributed by atoms with Gasteiger partial charge in [0.15, 0.2) is 0 Å². The van der Waals surface area contributed by atoms with Crippen molar-refractivity contribution in [2.24, 2.45) is 5.41 Å². The first-order chi connectivity index (χ1) is 7.97. The van der Waals surface area contributed by atoms with E-state index in [0.29, 0.717) is 6.61 Å². The zero-order valence-corrected chi connectivity index (χ0v) is 10.6. The average Bonchev–Trinajstić information content (AvgIpc) is 2.22. The SMILES string of the molecule is CCOC(=O)CC1(CC(=O)O)CCN(C)CC1. The molecule has 98 valence electrons. The van der Waals surface area contributed by atoms with Gasteiger partial charge in [0.2, 0.25) is 0 Å². The van der Waals surface area contributed by atoms with Gasteiger partial charge in [-0.05, 0) is 45.3 Å². The fourth-order valence-corrected chi connectivity index (χ4v) is 2.35. The first kappa shape index (κ1) is 14.0. The van der Waals surface area contributed by atoms with Crippen LogP contribution in [0.2, 0.25) is 0 Å². The zero-order chi connectivity index (χ0) is 12.9. The molecule has 1 rings (SSSR count). The second-order valence-electron chi connectivity index (χ2n) is 4.86. The summed E-state index contributed by atoms with van der Waals surface area (Å²) in [4.78, 5) is 24.6. The molecule has 0 saturated carbocycles. The predicted molar refractivity (Wildman–Crippen MR) is 62.7 cm³/mol. The Balaban J connectivity index is 2.65. The molecule has 1 saturated heterocycles. The number of carbonyl (C=O) groups excluding carboxylic acids is 1. The maximum Gasteiger partial charge on any atom is 0.306 e. The number of nitrogens with zero attached hydrogens (tertiary/aromatic N) is 1. The van der Waals surface area contributed by atoms with Crippen molar-refractivity contribution in [3.05, 3.63) is 0 Å². The van der Waals surface area contributed by atoms with Gasteiger partial charge in [-0.1, -0.05) is 0 Å². The van der Waals surface area contributed by atoms with Crippen molar-refractivity contribution in [3.63, 3.8) is 0 Å². The van der Waals surface area contributed by atoms with E-state index in [1.54, 1.807) is 6.92 Å². The van der Waals surface area contributed by atoms with Gasteiger partial charge >= 0.3 is 11.9 Å². The molecule has 1 fully saturated rings. The van der Waals surface area contributed by atoms with Crippen molar-refractivity contribution in [1.82, 2.24) is 4.90 Å². The molecule has 0 spiro atoms. The van der Waals surface area contributed by atoms with Crippen molar-refractivity contribution in [2.75, 3.05) is 26.7 Å². The van der Waals surface area contributed by atoms with Crippen LogP contribution in [0.25, 0.3) is 0 Å². The molecule has 0 aromatic rings. The van der Waals surface area contributed by atoms with Gasteiger partial charge in [-0.2, -0.15) is 0 Å². The summed E-state index contributed by atoms with van der Waals surface area (Å²) in [5, 5.41) is 8.97. The molecule has 1 aliphatic heterocycles. The van der Waals surface area contributed by atoms with Crippen LogP contribution in [-0.2, 0) is 14.3 Å². The largest absolute Gasteiger partial charge is 0.481 e. The smallest absolute Gasteiger partial charge is 0.306 e. The molecular weight excluding hydrogens is 222 g/mol. The third-order valence-electron chi connectivity index (χ3n) is 3.40. The highest BCUT2D eigenvalue weighted by molar-refractivity contribution is 5.73. The lowest BCUT2D eigenvalue weighted by atomic mass is 9.73. The Morgan fingerprint density at radius 1 is 1.29 bits per heavy atom. The van der Waals surface area contributed by atoms with E-state index in [0.717, 1.165) is 25.9 Å². The topological polar surface area (TPSA) is 66.8 Å². The number of carbonyl (C=O) groups is 2. The van der Waals surface area contributed by atoms with E-state index in [2.05, 4.69) is 4.90 Å². The van der Waals surface area contributed by atoms with Crippen LogP contribution in [0.15, 0.2) is 0 Å². The summed E-state index contributed by atoms with van der Waals surface area (Å²) in [5.74, 6) is -1.11. The Hall–Kier alpha value is -1.10. The Morgan fingerprint density at radius 3 is 2.35 bits per heavy atom. The monoisotopic (exact) mass is 243 g/mol. The van der Waals surface area contributed by atoms with E-state index >= 15 is 0 Å². The molecule has 1 aliphatic rings. The van der Waals surface area contributed by atoms with E-state index in [1.807, 2.05) is 7.05 Å². The molecule has 0 radical (unpaired) electrons. The molecule has 0 aliphatic carbocycles. The highest BCUT2D eigenvalue weighted by atomic mass is 16.5. The van der Waals surface area contributed by atoms with Gasteiger partial charge in [-0.3, -0.25) is 9.59 Å². The van der Waals surface area contributed by atoms with Crippen LogP contribution in [0.4, 0.5) is 0 Å². The minimum Gasteiger partial charge on any atom is -0.481 e. The fourth-order valence-electron chi connectivity index (χ4n) is 2.35. The number of hydrogen-bond acceptors (Lipinski definition) is 4. The Morgan fingerprint density at radius 2 is 1.88 bits per heavy atom. The summed E-state index contributed by atoms with van der Waals surface area (Å²) in [6.07, 6.45) is 1.77. The Labute approximate surface area is 102 Å². The molecule has 0 bridgehead atoms. The van der Waals surface area contributed by atoms with Gasteiger partial charge in [-0.25, -0.2) is 0 Å². The molecule has 0 amide bonds. The molecule has 0 aromatic carbocycles. The Bertz CT molecular complexity index is 282. The Kier molecular flexibility index (Phi) is 4.93. The van der Waals surface area contributed by atoms with E-state index in [-0.39, 0.29) is 18.8 Å². The van der Waals surface area contributed by atoms with Gasteiger partial charge in [0, 0.05) is 0 Å². The average molecular weight is 243 g/mol. The van der Waals surface area contributed by atoms with Crippen molar-refractivity contribution in [3.8, 4) is 0 Å². The van der Waals surface area contributed by atoms with E-state index in [9.17, 15) is 9.59 Å². The highest BCUT2D eigenvalue weighted by Gasteiger charge is 2.38. The molecule has 0 unspecified atom stereocenters. The summed E-state index contributed by atoms with van der Waals surface area (Å²) >= 11 is 0. The number of carboxylic acid groups (broad SMARTS) is 1. The van der Waals surface area contributed by atoms with Crippen LogP contribution in [0.1, 0.15) is 32.6 Å². The van der Waals surface area contributed by atoms with Crippen molar-refractivity contribution < 1.29 is 19.4 Å². The minimum atomic E-state index is -0.834. The summed E-state index contributed by atoms with van der Waals surface area (Å²) in [6.45, 7) is 3.79. The van der Waals surface area contributed by atoms with Gasteiger partial charge in [-0.15, -0.1) is 0 Å². The van der Waals surface area contributed by atoms with Crippen molar-refractivity contribution >= 4 is 11.9 Å². The summed E-state index contributed by atoms with van der Waals surface area (Å²) in [5.41, 5.74) is -0.412. The number of aliphatic carboxylic acids is 1. The molecular formula is C12H21NO4. The first-order valence-electron chi connectivity index (χ1n) is 6.03. The quantitative estimate of drug-likeness (QED) is 0.733. The summed E-state index contributed by atoms with van der Waals surface area (Å²) < 4.78 is 4.93. The van der Waals surface area contributed by atoms with E-state index < -0.39 is 11.4 Å². The second-order valence-corrected chi connectivity index (χ2v) is 4.86. The van der Waals surface area contributed by atoms with E-state index in [1.165, 1.54) is 0 Å². The molecule has 0 atom stereocenters. The number of ether oxygens (including phenoxy) is 1. The molecule has 1 N–H and O–H groups in total. The van der Waals surface area contributed by atoms with Crippen LogP contribution in [0.3, 0.4) is 0 Å². The van der Waals surface area contributed by atoms with Gasteiger partial charge in [0.05, 0.1) is 19.4 Å².